The summed E-state index contributed by atoms with van der Waals surface area (Å²) in [6.07, 6.45) is -1.66. The number of carbonyl (C=O) groups is 1. The summed E-state index contributed by atoms with van der Waals surface area (Å²) in [6.45, 7) is 0.834. The van der Waals surface area contributed by atoms with Gasteiger partial charge < -0.3 is 14.8 Å². The molecule has 0 aromatic heterocycles. The number of hydrogen-bond donors (Lipinski definition) is 1. The van der Waals surface area contributed by atoms with Crippen molar-refractivity contribution >= 4 is 11.6 Å². The van der Waals surface area contributed by atoms with Crippen molar-refractivity contribution in [2.45, 2.75) is 31.5 Å². The largest absolute Gasteiger partial charge is 0.497 e. The van der Waals surface area contributed by atoms with Gasteiger partial charge in [0.25, 0.3) is 0 Å². The van der Waals surface area contributed by atoms with Gasteiger partial charge in [-0.05, 0) is 49.2 Å². The Balaban J connectivity index is 1.72. The standard InChI is InChI=1S/C22H25F3N2O3/c1-29-17-10-11-20(30-2)18(13-17)26-21(28)14-27-12-4-3-5-19(27)15-6-8-16(9-7-15)22(23,24)25/h6-11,13,19H,3-5,12,14H2,1-2H3,(H,26,28). The highest BCUT2D eigenvalue weighted by Crippen LogP contribution is 2.34. The van der Waals surface area contributed by atoms with Crippen LogP contribution in [0.1, 0.15) is 36.4 Å². The number of piperidine rings is 1. The molecule has 5 nitrogen and oxygen atoms in total. The van der Waals surface area contributed by atoms with Crippen LogP contribution in [-0.4, -0.2) is 38.1 Å². The number of benzene rings is 2. The average molecular weight is 422 g/mol. The molecule has 1 atom stereocenters. The molecule has 1 N–H and O–H groups in total. The van der Waals surface area contributed by atoms with Crippen LogP contribution in [0.2, 0.25) is 0 Å². The molecule has 0 saturated carbocycles. The van der Waals surface area contributed by atoms with Crippen LogP contribution in [0.25, 0.3) is 0 Å². The number of nitrogens with zero attached hydrogens (tertiary/aromatic N) is 1. The molecule has 1 aliphatic heterocycles. The third-order valence-corrected chi connectivity index (χ3v) is 5.26. The summed E-state index contributed by atoms with van der Waals surface area (Å²) in [5.41, 5.74) is 0.621. The Morgan fingerprint density at radius 3 is 2.47 bits per heavy atom. The molecule has 1 unspecified atom stereocenters. The van der Waals surface area contributed by atoms with Gasteiger partial charge in [0.1, 0.15) is 11.5 Å². The minimum Gasteiger partial charge on any atom is -0.497 e. The predicted octanol–water partition coefficient (Wildman–Crippen LogP) is 4.89. The highest BCUT2D eigenvalue weighted by atomic mass is 19.4. The van der Waals surface area contributed by atoms with Gasteiger partial charge in [0.05, 0.1) is 32.0 Å². The number of halogens is 3. The van der Waals surface area contributed by atoms with Gasteiger partial charge >= 0.3 is 6.18 Å². The summed E-state index contributed by atoms with van der Waals surface area (Å²) in [4.78, 5) is 14.7. The SMILES string of the molecule is COc1ccc(OC)c(NC(=O)CN2CCCCC2c2ccc(C(F)(F)F)cc2)c1. The van der Waals surface area contributed by atoms with E-state index in [4.69, 9.17) is 9.47 Å². The molecule has 1 aliphatic rings. The summed E-state index contributed by atoms with van der Waals surface area (Å²) in [5, 5.41) is 2.85. The molecular formula is C22H25F3N2O3. The van der Waals surface area contributed by atoms with Crippen LogP contribution in [0.15, 0.2) is 42.5 Å². The second-order valence-electron chi connectivity index (χ2n) is 7.22. The Kier molecular flexibility index (Phi) is 6.87. The maximum atomic E-state index is 12.9. The van der Waals surface area contributed by atoms with E-state index in [-0.39, 0.29) is 18.5 Å². The Morgan fingerprint density at radius 1 is 1.10 bits per heavy atom. The van der Waals surface area contributed by atoms with Gasteiger partial charge in [0.2, 0.25) is 5.91 Å². The van der Waals surface area contributed by atoms with Crippen LogP contribution < -0.4 is 14.8 Å². The molecule has 0 bridgehead atoms. The van der Waals surface area contributed by atoms with Crippen molar-refractivity contribution in [3.63, 3.8) is 0 Å². The van der Waals surface area contributed by atoms with Gasteiger partial charge in [-0.3, -0.25) is 9.69 Å². The van der Waals surface area contributed by atoms with E-state index in [1.54, 1.807) is 18.2 Å². The smallest absolute Gasteiger partial charge is 0.416 e. The normalized spacial score (nSPS) is 17.4. The van der Waals surface area contributed by atoms with Crippen molar-refractivity contribution in [2.24, 2.45) is 0 Å². The number of likely N-dealkylation sites (tertiary alicyclic amines) is 1. The number of hydrogen-bond acceptors (Lipinski definition) is 4. The predicted molar refractivity (Wildman–Crippen MR) is 108 cm³/mol. The zero-order valence-corrected chi connectivity index (χ0v) is 17.0. The summed E-state index contributed by atoms with van der Waals surface area (Å²) < 4.78 is 49.0. The maximum absolute atomic E-state index is 12.9. The number of alkyl halides is 3. The van der Waals surface area contributed by atoms with Gasteiger partial charge in [-0.1, -0.05) is 18.6 Å². The number of carbonyl (C=O) groups excluding carboxylic acids is 1. The van der Waals surface area contributed by atoms with E-state index in [1.165, 1.54) is 26.4 Å². The molecule has 3 rings (SSSR count). The third kappa shape index (κ3) is 5.24. The number of amides is 1. The lowest BCUT2D eigenvalue weighted by atomic mass is 9.94. The minimum atomic E-state index is -4.36. The fourth-order valence-corrected chi connectivity index (χ4v) is 3.74. The second-order valence-corrected chi connectivity index (χ2v) is 7.22. The summed E-state index contributed by atoms with van der Waals surface area (Å²) in [7, 11) is 3.05. The zero-order valence-electron chi connectivity index (χ0n) is 17.0. The van der Waals surface area contributed by atoms with Crippen LogP contribution in [0, 0.1) is 0 Å². The fraction of sp³-hybridized carbons (Fsp3) is 0.409. The zero-order chi connectivity index (χ0) is 21.7. The molecule has 2 aromatic carbocycles. The van der Waals surface area contributed by atoms with Crippen LogP contribution in [0.5, 0.6) is 11.5 Å². The third-order valence-electron chi connectivity index (χ3n) is 5.26. The molecule has 1 heterocycles. The van der Waals surface area contributed by atoms with E-state index in [0.29, 0.717) is 23.7 Å². The van der Waals surface area contributed by atoms with Gasteiger partial charge in [-0.25, -0.2) is 0 Å². The first kappa shape index (κ1) is 22.0. The van der Waals surface area contributed by atoms with E-state index in [0.717, 1.165) is 37.0 Å². The number of ether oxygens (including phenoxy) is 2. The van der Waals surface area contributed by atoms with Crippen molar-refractivity contribution in [3.8, 4) is 11.5 Å². The van der Waals surface area contributed by atoms with Crippen LogP contribution in [0.3, 0.4) is 0 Å². The first-order valence-electron chi connectivity index (χ1n) is 9.75. The number of rotatable bonds is 6. The number of nitrogens with one attached hydrogen (secondary N) is 1. The van der Waals surface area contributed by atoms with Crippen LogP contribution in [0.4, 0.5) is 18.9 Å². The Morgan fingerprint density at radius 2 is 1.83 bits per heavy atom. The molecule has 1 amide bonds. The van der Waals surface area contributed by atoms with E-state index in [9.17, 15) is 18.0 Å². The molecule has 0 radical (unpaired) electrons. The lowest BCUT2D eigenvalue weighted by Crippen LogP contribution is -2.39. The van der Waals surface area contributed by atoms with Gasteiger partial charge in [-0.2, -0.15) is 13.2 Å². The highest BCUT2D eigenvalue weighted by Gasteiger charge is 2.31. The maximum Gasteiger partial charge on any atom is 0.416 e. The second kappa shape index (κ2) is 9.38. The molecule has 0 aliphatic carbocycles. The van der Waals surface area contributed by atoms with E-state index < -0.39 is 11.7 Å². The summed E-state index contributed by atoms with van der Waals surface area (Å²) in [6, 6.07) is 10.2. The molecule has 30 heavy (non-hydrogen) atoms. The molecule has 0 spiro atoms. The average Bonchev–Trinajstić information content (AvgIpc) is 2.73. The molecule has 1 saturated heterocycles. The topological polar surface area (TPSA) is 50.8 Å². The summed E-state index contributed by atoms with van der Waals surface area (Å²) in [5.74, 6) is 0.883. The number of methoxy groups -OCH3 is 2. The van der Waals surface area contributed by atoms with Crippen molar-refractivity contribution in [3.05, 3.63) is 53.6 Å². The Labute approximate surface area is 173 Å². The van der Waals surface area contributed by atoms with Crippen molar-refractivity contribution in [2.75, 3.05) is 32.6 Å². The van der Waals surface area contributed by atoms with Gasteiger partial charge in [0.15, 0.2) is 0 Å². The first-order valence-corrected chi connectivity index (χ1v) is 9.75. The van der Waals surface area contributed by atoms with Crippen molar-refractivity contribution in [1.29, 1.82) is 0 Å². The van der Waals surface area contributed by atoms with Crippen molar-refractivity contribution < 1.29 is 27.4 Å². The number of anilines is 1. The minimum absolute atomic E-state index is 0.0982. The lowest BCUT2D eigenvalue weighted by molar-refractivity contribution is -0.137. The molecule has 162 valence electrons. The lowest BCUT2D eigenvalue weighted by Gasteiger charge is -2.35. The molecule has 8 heteroatoms. The molecule has 2 aromatic rings. The van der Waals surface area contributed by atoms with E-state index in [2.05, 4.69) is 5.32 Å². The van der Waals surface area contributed by atoms with Gasteiger partial charge in [0, 0.05) is 12.1 Å². The van der Waals surface area contributed by atoms with E-state index in [1.807, 2.05) is 4.90 Å². The Bertz CT molecular complexity index is 869. The fourth-order valence-electron chi connectivity index (χ4n) is 3.74. The van der Waals surface area contributed by atoms with Gasteiger partial charge in [-0.15, -0.1) is 0 Å². The quantitative estimate of drug-likeness (QED) is 0.720. The highest BCUT2D eigenvalue weighted by molar-refractivity contribution is 5.94. The Hall–Kier alpha value is -2.74. The monoisotopic (exact) mass is 422 g/mol. The van der Waals surface area contributed by atoms with Crippen LogP contribution >= 0.6 is 0 Å². The summed E-state index contributed by atoms with van der Waals surface area (Å²) >= 11 is 0. The van der Waals surface area contributed by atoms with Crippen molar-refractivity contribution in [1.82, 2.24) is 4.90 Å². The molecular weight excluding hydrogens is 397 g/mol. The first-order chi connectivity index (χ1) is 14.3. The van der Waals surface area contributed by atoms with E-state index >= 15 is 0 Å². The molecule has 1 fully saturated rings. The van der Waals surface area contributed by atoms with Crippen LogP contribution in [-0.2, 0) is 11.0 Å².